The topological polar surface area (TPSA) is 24.9 Å². The Bertz CT molecular complexity index is 322. The van der Waals surface area contributed by atoms with Gasteiger partial charge in [-0.2, -0.15) is 0 Å². The second-order valence-corrected chi connectivity index (χ2v) is 7.27. The van der Waals surface area contributed by atoms with Crippen molar-refractivity contribution in [3.63, 3.8) is 0 Å². The van der Waals surface area contributed by atoms with Gasteiger partial charge in [-0.25, -0.2) is 0 Å². The summed E-state index contributed by atoms with van der Waals surface area (Å²) in [5.41, 5.74) is 0. The first-order chi connectivity index (χ1) is 10.3. The summed E-state index contributed by atoms with van der Waals surface area (Å²) in [6.45, 7) is 6.54. The molecule has 4 heterocycles. The maximum Gasteiger partial charge on any atom is 0.0509 e. The molecule has 0 radical (unpaired) electrons. The minimum absolute atomic E-state index is 0.831. The lowest BCUT2D eigenvalue weighted by molar-refractivity contribution is -0.0261. The maximum atomic E-state index is 5.46. The summed E-state index contributed by atoms with van der Waals surface area (Å²) in [5.74, 6) is 1.68. The van der Waals surface area contributed by atoms with Crippen LogP contribution in [0.5, 0.6) is 0 Å². The predicted molar refractivity (Wildman–Crippen MR) is 84.5 cm³/mol. The highest BCUT2D eigenvalue weighted by Gasteiger charge is 2.33. The zero-order valence-electron chi connectivity index (χ0n) is 13.8. The first-order valence-corrected chi connectivity index (χ1v) is 8.81. The summed E-state index contributed by atoms with van der Waals surface area (Å²) in [7, 11) is 4.48. The second-order valence-electron chi connectivity index (χ2n) is 7.27. The Hall–Kier alpha value is -0.160. The number of hydrogen-bond acceptors (Lipinski definition) is 4. The standard InChI is InChI=1S/C9H17NO.C8H15NO/c1-10-5-2-3-8-7-11-6-4-9(8)10;1-9-4-2-7-6-10-5-3-8(7)9/h8-9H,2-7H2,1H3;7-8H,2-6H2,1H3. The van der Waals surface area contributed by atoms with Crippen molar-refractivity contribution >= 4 is 0 Å². The highest BCUT2D eigenvalue weighted by molar-refractivity contribution is 4.87. The van der Waals surface area contributed by atoms with Gasteiger partial charge in [-0.05, 0) is 71.1 Å². The van der Waals surface area contributed by atoms with E-state index >= 15 is 0 Å². The molecule has 4 unspecified atom stereocenters. The molecule has 0 bridgehead atoms. The molecule has 4 saturated heterocycles. The van der Waals surface area contributed by atoms with Crippen LogP contribution in [0.3, 0.4) is 0 Å². The molecule has 0 amide bonds. The van der Waals surface area contributed by atoms with Crippen molar-refractivity contribution in [2.45, 2.75) is 44.2 Å². The van der Waals surface area contributed by atoms with E-state index in [1.807, 2.05) is 0 Å². The van der Waals surface area contributed by atoms with Crippen molar-refractivity contribution in [2.75, 3.05) is 53.6 Å². The van der Waals surface area contributed by atoms with Gasteiger partial charge in [-0.15, -0.1) is 0 Å². The van der Waals surface area contributed by atoms with Crippen molar-refractivity contribution < 1.29 is 9.47 Å². The third-order valence-electron chi connectivity index (χ3n) is 5.94. The molecule has 4 aliphatic heterocycles. The molecule has 0 N–H and O–H groups in total. The molecular formula is C17H32N2O2. The van der Waals surface area contributed by atoms with Crippen LogP contribution in [0.25, 0.3) is 0 Å². The molecule has 0 spiro atoms. The third kappa shape index (κ3) is 3.79. The van der Waals surface area contributed by atoms with E-state index in [2.05, 4.69) is 23.9 Å². The fourth-order valence-electron chi connectivity index (χ4n) is 4.59. The maximum absolute atomic E-state index is 5.46. The monoisotopic (exact) mass is 296 g/mol. The van der Waals surface area contributed by atoms with E-state index < -0.39 is 0 Å². The first-order valence-electron chi connectivity index (χ1n) is 8.81. The summed E-state index contributed by atoms with van der Waals surface area (Å²) in [5, 5.41) is 0. The van der Waals surface area contributed by atoms with Crippen molar-refractivity contribution in [3.05, 3.63) is 0 Å². The quantitative estimate of drug-likeness (QED) is 0.681. The Kier molecular flexibility index (Phi) is 5.54. The van der Waals surface area contributed by atoms with Gasteiger partial charge in [0.2, 0.25) is 0 Å². The van der Waals surface area contributed by atoms with Crippen LogP contribution in [0, 0.1) is 11.8 Å². The number of rotatable bonds is 0. The van der Waals surface area contributed by atoms with Crippen LogP contribution >= 0.6 is 0 Å². The van der Waals surface area contributed by atoms with Gasteiger partial charge < -0.3 is 19.3 Å². The molecule has 4 rings (SSSR count). The van der Waals surface area contributed by atoms with Gasteiger partial charge in [0.05, 0.1) is 13.2 Å². The Balaban J connectivity index is 0.000000126. The van der Waals surface area contributed by atoms with E-state index in [4.69, 9.17) is 9.47 Å². The minimum Gasteiger partial charge on any atom is -0.381 e. The second kappa shape index (κ2) is 7.40. The largest absolute Gasteiger partial charge is 0.381 e. The first kappa shape index (κ1) is 15.7. The Morgan fingerprint density at radius 1 is 0.714 bits per heavy atom. The molecule has 4 aliphatic rings. The number of nitrogens with zero attached hydrogens (tertiary/aromatic N) is 2. The lowest BCUT2D eigenvalue weighted by Gasteiger charge is -2.41. The van der Waals surface area contributed by atoms with Crippen LogP contribution < -0.4 is 0 Å². The Morgan fingerprint density at radius 2 is 1.29 bits per heavy atom. The van der Waals surface area contributed by atoms with Gasteiger partial charge in [0.15, 0.2) is 0 Å². The highest BCUT2D eigenvalue weighted by Crippen LogP contribution is 2.29. The zero-order valence-corrected chi connectivity index (χ0v) is 13.8. The smallest absolute Gasteiger partial charge is 0.0509 e. The molecule has 0 aromatic carbocycles. The molecule has 0 saturated carbocycles. The van der Waals surface area contributed by atoms with Gasteiger partial charge in [0.1, 0.15) is 0 Å². The summed E-state index contributed by atoms with van der Waals surface area (Å²) >= 11 is 0. The molecular weight excluding hydrogens is 264 g/mol. The fourth-order valence-corrected chi connectivity index (χ4v) is 4.59. The van der Waals surface area contributed by atoms with Gasteiger partial charge in [0, 0.05) is 25.3 Å². The van der Waals surface area contributed by atoms with E-state index in [1.165, 1.54) is 45.2 Å². The molecule has 0 aliphatic carbocycles. The molecule has 4 fully saturated rings. The minimum atomic E-state index is 0.831. The van der Waals surface area contributed by atoms with E-state index in [-0.39, 0.29) is 0 Å². The van der Waals surface area contributed by atoms with E-state index in [0.29, 0.717) is 0 Å². The Morgan fingerprint density at radius 3 is 1.90 bits per heavy atom. The molecule has 21 heavy (non-hydrogen) atoms. The van der Waals surface area contributed by atoms with Gasteiger partial charge >= 0.3 is 0 Å². The number of likely N-dealkylation sites (tertiary alicyclic amines) is 2. The average molecular weight is 296 g/mol. The molecule has 4 heteroatoms. The molecule has 4 atom stereocenters. The van der Waals surface area contributed by atoms with Crippen molar-refractivity contribution in [1.82, 2.24) is 9.80 Å². The molecule has 122 valence electrons. The average Bonchev–Trinajstić information content (AvgIpc) is 2.91. The molecule has 0 aromatic rings. The van der Waals surface area contributed by atoms with Crippen molar-refractivity contribution in [1.29, 1.82) is 0 Å². The summed E-state index contributed by atoms with van der Waals surface area (Å²) in [6.07, 6.45) is 6.60. The predicted octanol–water partition coefficient (Wildman–Crippen LogP) is 1.84. The third-order valence-corrected chi connectivity index (χ3v) is 5.94. The number of ether oxygens (including phenoxy) is 2. The van der Waals surface area contributed by atoms with Gasteiger partial charge in [-0.3, -0.25) is 0 Å². The van der Waals surface area contributed by atoms with E-state index in [0.717, 1.165) is 50.3 Å². The van der Waals surface area contributed by atoms with Crippen molar-refractivity contribution in [3.8, 4) is 0 Å². The Labute approximate surface area is 129 Å². The normalized spacial score (nSPS) is 40.9. The van der Waals surface area contributed by atoms with Gasteiger partial charge in [-0.1, -0.05) is 0 Å². The van der Waals surface area contributed by atoms with Crippen LogP contribution in [0.15, 0.2) is 0 Å². The van der Waals surface area contributed by atoms with Crippen LogP contribution in [-0.4, -0.2) is 75.5 Å². The zero-order chi connectivity index (χ0) is 14.7. The SMILES string of the molecule is CN1CCC2COCCC21.CN1CCCC2COCCC21. The fraction of sp³-hybridized carbons (Fsp3) is 1.00. The van der Waals surface area contributed by atoms with Crippen LogP contribution in [0.1, 0.15) is 32.1 Å². The van der Waals surface area contributed by atoms with Gasteiger partial charge in [0.25, 0.3) is 0 Å². The summed E-state index contributed by atoms with van der Waals surface area (Å²) < 4.78 is 10.9. The van der Waals surface area contributed by atoms with Crippen LogP contribution in [0.4, 0.5) is 0 Å². The number of hydrogen-bond donors (Lipinski definition) is 0. The van der Waals surface area contributed by atoms with E-state index in [9.17, 15) is 0 Å². The summed E-state index contributed by atoms with van der Waals surface area (Å²) in [4.78, 5) is 4.99. The lowest BCUT2D eigenvalue weighted by Crippen LogP contribution is -2.47. The number of fused-ring (bicyclic) bond motifs is 2. The molecule has 0 aromatic heterocycles. The number of piperidine rings is 1. The van der Waals surface area contributed by atoms with Crippen LogP contribution in [0.2, 0.25) is 0 Å². The highest BCUT2D eigenvalue weighted by atomic mass is 16.5. The van der Waals surface area contributed by atoms with E-state index in [1.54, 1.807) is 0 Å². The summed E-state index contributed by atoms with van der Waals surface area (Å²) in [6, 6.07) is 1.67. The lowest BCUT2D eigenvalue weighted by atomic mass is 9.87. The van der Waals surface area contributed by atoms with Crippen LogP contribution in [-0.2, 0) is 9.47 Å². The van der Waals surface area contributed by atoms with Crippen molar-refractivity contribution in [2.24, 2.45) is 11.8 Å². The molecule has 4 nitrogen and oxygen atoms in total.